The molecule has 0 fully saturated rings. The number of hydrogen-bond donors (Lipinski definition) is 1. The SMILES string of the molecule is COC=C(C(=O)O)c1ccccc1COc1cc(F)cc(OCc2ccccc2)c1. The number of ether oxygens (including phenoxy) is 3. The maximum absolute atomic E-state index is 14.0. The molecule has 0 radical (unpaired) electrons. The van der Waals surface area contributed by atoms with Gasteiger partial charge in [-0.15, -0.1) is 0 Å². The van der Waals surface area contributed by atoms with Crippen LogP contribution in [0.2, 0.25) is 0 Å². The van der Waals surface area contributed by atoms with Crippen LogP contribution >= 0.6 is 0 Å². The van der Waals surface area contributed by atoms with Crippen LogP contribution in [-0.4, -0.2) is 18.2 Å². The van der Waals surface area contributed by atoms with Crippen LogP contribution in [0.3, 0.4) is 0 Å². The zero-order valence-corrected chi connectivity index (χ0v) is 16.4. The fourth-order valence-corrected chi connectivity index (χ4v) is 2.86. The molecule has 0 unspecified atom stereocenters. The van der Waals surface area contributed by atoms with E-state index in [9.17, 15) is 14.3 Å². The molecule has 0 atom stereocenters. The standard InChI is InChI=1S/C24H21FO5/c1-28-16-23(24(26)27)22-10-6-5-9-18(22)15-30-21-12-19(25)11-20(13-21)29-14-17-7-3-2-4-8-17/h2-13,16H,14-15H2,1H3,(H,26,27). The van der Waals surface area contributed by atoms with E-state index in [1.807, 2.05) is 30.3 Å². The third-order valence-corrected chi connectivity index (χ3v) is 4.26. The van der Waals surface area contributed by atoms with E-state index >= 15 is 0 Å². The van der Waals surface area contributed by atoms with Gasteiger partial charge in [-0.05, 0) is 16.7 Å². The van der Waals surface area contributed by atoms with Crippen molar-refractivity contribution >= 4 is 11.5 Å². The number of methoxy groups -OCH3 is 1. The maximum atomic E-state index is 14.0. The predicted molar refractivity (Wildman–Crippen MR) is 111 cm³/mol. The Bertz CT molecular complexity index is 1030. The van der Waals surface area contributed by atoms with Crippen molar-refractivity contribution < 1.29 is 28.5 Å². The van der Waals surface area contributed by atoms with Crippen LogP contribution in [0, 0.1) is 5.82 Å². The minimum absolute atomic E-state index is 0.00262. The van der Waals surface area contributed by atoms with Crippen LogP contribution in [0.15, 0.2) is 79.1 Å². The molecule has 154 valence electrons. The van der Waals surface area contributed by atoms with Gasteiger partial charge in [0.2, 0.25) is 0 Å². The Morgan fingerprint density at radius 2 is 1.57 bits per heavy atom. The summed E-state index contributed by atoms with van der Waals surface area (Å²) >= 11 is 0. The normalized spacial score (nSPS) is 11.1. The second kappa shape index (κ2) is 10.1. The summed E-state index contributed by atoms with van der Waals surface area (Å²) in [6.07, 6.45) is 1.17. The lowest BCUT2D eigenvalue weighted by Gasteiger charge is -2.13. The summed E-state index contributed by atoms with van der Waals surface area (Å²) in [7, 11) is 1.38. The van der Waals surface area contributed by atoms with Crippen molar-refractivity contribution in [2.75, 3.05) is 7.11 Å². The van der Waals surface area contributed by atoms with Gasteiger partial charge in [-0.25, -0.2) is 9.18 Å². The number of rotatable bonds is 9. The lowest BCUT2D eigenvalue weighted by atomic mass is 10.0. The van der Waals surface area contributed by atoms with Crippen molar-refractivity contribution in [2.24, 2.45) is 0 Å². The number of hydrogen-bond acceptors (Lipinski definition) is 4. The third-order valence-electron chi connectivity index (χ3n) is 4.26. The minimum Gasteiger partial charge on any atom is -0.503 e. The summed E-state index contributed by atoms with van der Waals surface area (Å²) in [5.41, 5.74) is 2.05. The van der Waals surface area contributed by atoms with Crippen LogP contribution < -0.4 is 9.47 Å². The highest BCUT2D eigenvalue weighted by Crippen LogP contribution is 2.26. The zero-order valence-electron chi connectivity index (χ0n) is 16.4. The van der Waals surface area contributed by atoms with Crippen LogP contribution in [0.25, 0.3) is 5.57 Å². The highest BCUT2D eigenvalue weighted by atomic mass is 19.1. The fraction of sp³-hybridized carbons (Fsp3) is 0.125. The van der Waals surface area contributed by atoms with E-state index in [1.165, 1.54) is 25.5 Å². The molecule has 30 heavy (non-hydrogen) atoms. The average molecular weight is 408 g/mol. The largest absolute Gasteiger partial charge is 0.503 e. The molecule has 1 N–H and O–H groups in total. The van der Waals surface area contributed by atoms with Crippen LogP contribution in [0.4, 0.5) is 4.39 Å². The summed E-state index contributed by atoms with van der Waals surface area (Å²) in [5.74, 6) is -0.992. The van der Waals surface area contributed by atoms with E-state index in [1.54, 1.807) is 30.3 Å². The van der Waals surface area contributed by atoms with Gasteiger partial charge in [-0.1, -0.05) is 54.6 Å². The number of carboxylic acids is 1. The Morgan fingerprint density at radius 3 is 2.23 bits per heavy atom. The maximum Gasteiger partial charge on any atom is 0.339 e. The molecule has 3 aromatic rings. The molecule has 0 aliphatic carbocycles. The molecule has 0 saturated carbocycles. The van der Waals surface area contributed by atoms with Gasteiger partial charge in [0.15, 0.2) is 0 Å². The second-order valence-electron chi connectivity index (χ2n) is 6.42. The number of carbonyl (C=O) groups is 1. The van der Waals surface area contributed by atoms with E-state index in [-0.39, 0.29) is 17.9 Å². The van der Waals surface area contributed by atoms with Gasteiger partial charge in [0.05, 0.1) is 13.4 Å². The van der Waals surface area contributed by atoms with E-state index in [2.05, 4.69) is 0 Å². The first-order chi connectivity index (χ1) is 14.6. The molecular formula is C24H21FO5. The summed E-state index contributed by atoms with van der Waals surface area (Å²) in [6.45, 7) is 0.350. The Hall–Kier alpha value is -3.80. The lowest BCUT2D eigenvalue weighted by Crippen LogP contribution is -2.06. The number of halogens is 1. The van der Waals surface area contributed by atoms with Gasteiger partial charge < -0.3 is 19.3 Å². The zero-order chi connectivity index (χ0) is 21.3. The van der Waals surface area contributed by atoms with Gasteiger partial charge in [0, 0.05) is 18.2 Å². The second-order valence-corrected chi connectivity index (χ2v) is 6.42. The number of aliphatic carboxylic acids is 1. The number of benzene rings is 3. The smallest absolute Gasteiger partial charge is 0.339 e. The topological polar surface area (TPSA) is 65.0 Å². The van der Waals surface area contributed by atoms with Gasteiger partial charge in [-0.3, -0.25) is 0 Å². The van der Waals surface area contributed by atoms with Gasteiger partial charge in [-0.2, -0.15) is 0 Å². The highest BCUT2D eigenvalue weighted by molar-refractivity contribution is 6.15. The molecule has 6 heteroatoms. The Balaban J connectivity index is 1.74. The molecule has 0 spiro atoms. The summed E-state index contributed by atoms with van der Waals surface area (Å²) in [6, 6.07) is 20.6. The van der Waals surface area contributed by atoms with Crippen molar-refractivity contribution in [3.63, 3.8) is 0 Å². The van der Waals surface area contributed by atoms with Crippen LogP contribution in [-0.2, 0) is 22.7 Å². The first-order valence-corrected chi connectivity index (χ1v) is 9.21. The average Bonchev–Trinajstić information content (AvgIpc) is 2.75. The van der Waals surface area contributed by atoms with Crippen molar-refractivity contribution in [1.29, 1.82) is 0 Å². The quantitative estimate of drug-likeness (QED) is 0.396. The van der Waals surface area contributed by atoms with Crippen LogP contribution in [0.5, 0.6) is 11.5 Å². The molecule has 0 aliphatic rings. The molecule has 0 bridgehead atoms. The lowest BCUT2D eigenvalue weighted by molar-refractivity contribution is -0.130. The molecular weight excluding hydrogens is 387 g/mol. The molecule has 5 nitrogen and oxygen atoms in total. The van der Waals surface area contributed by atoms with Crippen LogP contribution in [0.1, 0.15) is 16.7 Å². The van der Waals surface area contributed by atoms with E-state index in [0.29, 0.717) is 23.5 Å². The Labute approximate surface area is 174 Å². The number of carboxylic acid groups (broad SMARTS) is 1. The van der Waals surface area contributed by atoms with Gasteiger partial charge >= 0.3 is 5.97 Å². The molecule has 3 rings (SSSR count). The van der Waals surface area contributed by atoms with E-state index in [4.69, 9.17) is 14.2 Å². The van der Waals surface area contributed by atoms with Gasteiger partial charge in [0.25, 0.3) is 0 Å². The van der Waals surface area contributed by atoms with E-state index < -0.39 is 11.8 Å². The molecule has 3 aromatic carbocycles. The molecule has 0 amide bonds. The van der Waals surface area contributed by atoms with Crippen molar-refractivity contribution in [3.05, 3.63) is 102 Å². The van der Waals surface area contributed by atoms with Crippen molar-refractivity contribution in [1.82, 2.24) is 0 Å². The Morgan fingerprint density at radius 1 is 0.933 bits per heavy atom. The summed E-state index contributed by atoms with van der Waals surface area (Å²) in [5, 5.41) is 9.44. The summed E-state index contributed by atoms with van der Waals surface area (Å²) < 4.78 is 30.3. The predicted octanol–water partition coefficient (Wildman–Crippen LogP) is 5.06. The highest BCUT2D eigenvalue weighted by Gasteiger charge is 2.15. The minimum atomic E-state index is -1.12. The van der Waals surface area contributed by atoms with Crippen molar-refractivity contribution in [3.8, 4) is 11.5 Å². The fourth-order valence-electron chi connectivity index (χ4n) is 2.86. The first kappa shape index (κ1) is 20.9. The van der Waals surface area contributed by atoms with Crippen molar-refractivity contribution in [2.45, 2.75) is 13.2 Å². The Kier molecular flexibility index (Phi) is 7.05. The molecule has 0 aliphatic heterocycles. The molecule has 0 heterocycles. The molecule has 0 saturated heterocycles. The van der Waals surface area contributed by atoms with E-state index in [0.717, 1.165) is 5.56 Å². The molecule has 0 aromatic heterocycles. The monoisotopic (exact) mass is 408 g/mol. The summed E-state index contributed by atoms with van der Waals surface area (Å²) in [4.78, 5) is 11.5. The first-order valence-electron chi connectivity index (χ1n) is 9.21. The van der Waals surface area contributed by atoms with Gasteiger partial charge in [0.1, 0.15) is 36.1 Å². The third kappa shape index (κ3) is 5.61.